The number of nitro benzene ring substituents is 1. The molecule has 1 heterocycles. The summed E-state index contributed by atoms with van der Waals surface area (Å²) in [5.74, 6) is -0.581. The van der Waals surface area contributed by atoms with E-state index in [-0.39, 0.29) is 35.6 Å². The molecule has 0 amide bonds. The number of nitrogens with zero attached hydrogens (tertiary/aromatic N) is 4. The van der Waals surface area contributed by atoms with Crippen molar-refractivity contribution in [3.8, 4) is 0 Å². The summed E-state index contributed by atoms with van der Waals surface area (Å²) < 4.78 is 5.19. The van der Waals surface area contributed by atoms with Crippen molar-refractivity contribution in [1.82, 2.24) is 15.0 Å². The van der Waals surface area contributed by atoms with Crippen LogP contribution in [0.25, 0.3) is 0 Å². The Balaban J connectivity index is 1.78. The average molecular weight is 408 g/mol. The highest BCUT2D eigenvalue weighted by molar-refractivity contribution is 5.94. The third-order valence-electron chi connectivity index (χ3n) is 4.32. The first-order valence-electron chi connectivity index (χ1n) is 9.15. The topological polar surface area (TPSA) is 146 Å². The van der Waals surface area contributed by atoms with E-state index in [1.165, 1.54) is 6.07 Å². The van der Waals surface area contributed by atoms with Gasteiger partial charge < -0.3 is 15.8 Å². The molecule has 0 aliphatic carbocycles. The third-order valence-corrected chi connectivity index (χ3v) is 4.32. The molecule has 1 aromatic heterocycles. The summed E-state index contributed by atoms with van der Waals surface area (Å²) in [6.07, 6.45) is 0.809. The normalized spacial score (nSPS) is 10.5. The van der Waals surface area contributed by atoms with E-state index in [2.05, 4.69) is 20.3 Å². The van der Waals surface area contributed by atoms with Gasteiger partial charge in [0.05, 0.1) is 4.92 Å². The van der Waals surface area contributed by atoms with Crippen LogP contribution in [0.1, 0.15) is 34.2 Å². The molecule has 0 saturated heterocycles. The summed E-state index contributed by atoms with van der Waals surface area (Å²) >= 11 is 0. The van der Waals surface area contributed by atoms with Crippen molar-refractivity contribution >= 4 is 29.2 Å². The SMILES string of the molecule is CCc1ccccc1Nc1nc(N)nc(COC(=O)c2cccc(C)c2[N+](=O)[O-])n1. The van der Waals surface area contributed by atoms with Crippen LogP contribution in [0.5, 0.6) is 0 Å². The first-order valence-corrected chi connectivity index (χ1v) is 9.15. The molecule has 30 heavy (non-hydrogen) atoms. The van der Waals surface area contributed by atoms with Crippen LogP contribution in [0.3, 0.4) is 0 Å². The standard InChI is InChI=1S/C20H20N6O4/c1-3-13-8-4-5-10-15(13)22-20-24-16(23-19(21)25-20)11-30-18(27)14-9-6-7-12(2)17(14)26(28)29/h4-10H,3,11H2,1-2H3,(H3,21,22,23,24,25). The number of hydrogen-bond acceptors (Lipinski definition) is 9. The fourth-order valence-corrected chi connectivity index (χ4v) is 2.90. The van der Waals surface area contributed by atoms with Crippen molar-refractivity contribution < 1.29 is 14.5 Å². The van der Waals surface area contributed by atoms with Crippen LogP contribution in [-0.4, -0.2) is 25.8 Å². The van der Waals surface area contributed by atoms with Crippen molar-refractivity contribution in [2.45, 2.75) is 26.9 Å². The van der Waals surface area contributed by atoms with Gasteiger partial charge in [-0.3, -0.25) is 10.1 Å². The van der Waals surface area contributed by atoms with E-state index >= 15 is 0 Å². The van der Waals surface area contributed by atoms with Crippen LogP contribution in [0.4, 0.5) is 23.3 Å². The second kappa shape index (κ2) is 8.95. The molecule has 10 nitrogen and oxygen atoms in total. The molecule has 0 saturated carbocycles. The molecule has 2 aromatic carbocycles. The van der Waals surface area contributed by atoms with Crippen LogP contribution in [0, 0.1) is 17.0 Å². The minimum atomic E-state index is -0.852. The van der Waals surface area contributed by atoms with E-state index in [4.69, 9.17) is 10.5 Å². The number of nitrogen functional groups attached to an aromatic ring is 1. The molecule has 10 heteroatoms. The van der Waals surface area contributed by atoms with Gasteiger partial charge in [0.1, 0.15) is 5.56 Å². The van der Waals surface area contributed by atoms with E-state index in [1.807, 2.05) is 31.2 Å². The second-order valence-electron chi connectivity index (χ2n) is 6.37. The Bertz CT molecular complexity index is 1100. The monoisotopic (exact) mass is 408 g/mol. The number of nitrogens with one attached hydrogen (secondary N) is 1. The molecule has 3 rings (SSSR count). The molecule has 0 aliphatic heterocycles. The Morgan fingerprint density at radius 3 is 2.67 bits per heavy atom. The third kappa shape index (κ3) is 4.66. The molecule has 0 atom stereocenters. The van der Waals surface area contributed by atoms with Crippen molar-refractivity contribution in [3.05, 3.63) is 75.1 Å². The predicted molar refractivity (Wildman–Crippen MR) is 110 cm³/mol. The van der Waals surface area contributed by atoms with Gasteiger partial charge in [0.2, 0.25) is 11.9 Å². The maximum absolute atomic E-state index is 12.4. The van der Waals surface area contributed by atoms with Crippen LogP contribution >= 0.6 is 0 Å². The molecule has 0 bridgehead atoms. The van der Waals surface area contributed by atoms with Crippen molar-refractivity contribution in [2.24, 2.45) is 0 Å². The maximum atomic E-state index is 12.4. The summed E-state index contributed by atoms with van der Waals surface area (Å²) in [6, 6.07) is 12.1. The Hall–Kier alpha value is -4.08. The summed E-state index contributed by atoms with van der Waals surface area (Å²) in [6.45, 7) is 3.26. The maximum Gasteiger partial charge on any atom is 0.345 e. The summed E-state index contributed by atoms with van der Waals surface area (Å²) in [4.78, 5) is 35.3. The number of para-hydroxylation sites is 2. The Labute approximate surface area is 172 Å². The van der Waals surface area contributed by atoms with Gasteiger partial charge in [0.15, 0.2) is 12.4 Å². The van der Waals surface area contributed by atoms with Gasteiger partial charge in [0.25, 0.3) is 5.69 Å². The number of esters is 1. The van der Waals surface area contributed by atoms with Gasteiger partial charge in [-0.2, -0.15) is 15.0 Å². The molecule has 0 fully saturated rings. The minimum absolute atomic E-state index is 0.0472. The highest BCUT2D eigenvalue weighted by Gasteiger charge is 2.24. The van der Waals surface area contributed by atoms with Crippen molar-refractivity contribution in [3.63, 3.8) is 0 Å². The number of nitro groups is 1. The number of carbonyl (C=O) groups is 1. The number of aromatic nitrogens is 3. The van der Waals surface area contributed by atoms with Gasteiger partial charge in [-0.25, -0.2) is 4.79 Å². The number of benzene rings is 2. The number of aryl methyl sites for hydroxylation is 2. The van der Waals surface area contributed by atoms with E-state index in [1.54, 1.807) is 19.1 Å². The van der Waals surface area contributed by atoms with Gasteiger partial charge in [-0.1, -0.05) is 37.3 Å². The number of hydrogen-bond donors (Lipinski definition) is 2. The molecule has 0 spiro atoms. The highest BCUT2D eigenvalue weighted by Crippen LogP contribution is 2.24. The van der Waals surface area contributed by atoms with E-state index in [0.29, 0.717) is 5.56 Å². The van der Waals surface area contributed by atoms with Gasteiger partial charge in [-0.05, 0) is 31.0 Å². The molecule has 3 aromatic rings. The lowest BCUT2D eigenvalue weighted by molar-refractivity contribution is -0.385. The van der Waals surface area contributed by atoms with Gasteiger partial charge in [0, 0.05) is 11.3 Å². The minimum Gasteiger partial charge on any atom is -0.454 e. The number of nitrogens with two attached hydrogens (primary N) is 1. The fraction of sp³-hybridized carbons (Fsp3) is 0.200. The van der Waals surface area contributed by atoms with Crippen LogP contribution in [-0.2, 0) is 17.8 Å². The Kier molecular flexibility index (Phi) is 6.16. The first-order chi connectivity index (χ1) is 14.4. The first kappa shape index (κ1) is 20.6. The second-order valence-corrected chi connectivity index (χ2v) is 6.37. The van der Waals surface area contributed by atoms with E-state index in [0.717, 1.165) is 17.7 Å². The van der Waals surface area contributed by atoms with Crippen molar-refractivity contribution in [1.29, 1.82) is 0 Å². The lowest BCUT2D eigenvalue weighted by Gasteiger charge is -2.11. The van der Waals surface area contributed by atoms with Crippen molar-refractivity contribution in [2.75, 3.05) is 11.1 Å². The molecule has 0 unspecified atom stereocenters. The zero-order chi connectivity index (χ0) is 21.7. The average Bonchev–Trinajstić information content (AvgIpc) is 2.71. The summed E-state index contributed by atoms with van der Waals surface area (Å²) in [5, 5.41) is 14.4. The molecule has 154 valence electrons. The lowest BCUT2D eigenvalue weighted by atomic mass is 10.1. The largest absolute Gasteiger partial charge is 0.454 e. The smallest absolute Gasteiger partial charge is 0.345 e. The van der Waals surface area contributed by atoms with E-state index in [9.17, 15) is 14.9 Å². The number of rotatable bonds is 7. The van der Waals surface area contributed by atoms with Gasteiger partial charge in [-0.15, -0.1) is 0 Å². The highest BCUT2D eigenvalue weighted by atomic mass is 16.6. The zero-order valence-corrected chi connectivity index (χ0v) is 16.5. The number of ether oxygens (including phenoxy) is 1. The molecular formula is C20H20N6O4. The Morgan fingerprint density at radius 2 is 1.93 bits per heavy atom. The molecule has 0 radical (unpaired) electrons. The van der Waals surface area contributed by atoms with Crippen LogP contribution in [0.2, 0.25) is 0 Å². The fourth-order valence-electron chi connectivity index (χ4n) is 2.90. The van der Waals surface area contributed by atoms with Crippen LogP contribution < -0.4 is 11.1 Å². The quantitative estimate of drug-likeness (QED) is 0.341. The Morgan fingerprint density at radius 1 is 1.17 bits per heavy atom. The van der Waals surface area contributed by atoms with E-state index < -0.39 is 10.9 Å². The number of carbonyl (C=O) groups excluding carboxylic acids is 1. The molecule has 3 N–H and O–H groups in total. The lowest BCUT2D eigenvalue weighted by Crippen LogP contribution is -2.13. The summed E-state index contributed by atoms with van der Waals surface area (Å²) in [5.41, 5.74) is 7.57. The molecular weight excluding hydrogens is 388 g/mol. The number of anilines is 3. The summed E-state index contributed by atoms with van der Waals surface area (Å²) in [7, 11) is 0. The molecule has 0 aliphatic rings. The van der Waals surface area contributed by atoms with Crippen LogP contribution in [0.15, 0.2) is 42.5 Å². The zero-order valence-electron chi connectivity index (χ0n) is 16.5. The predicted octanol–water partition coefficient (Wildman–Crippen LogP) is 3.33. The van der Waals surface area contributed by atoms with Gasteiger partial charge >= 0.3 is 5.97 Å².